The number of nitrogens with two attached hydrogens (primary N) is 1. The Hall–Kier alpha value is -1.88. The van der Waals surface area contributed by atoms with Gasteiger partial charge in [0.25, 0.3) is 5.89 Å². The predicted octanol–water partition coefficient (Wildman–Crippen LogP) is 2.54. The zero-order valence-corrected chi connectivity index (χ0v) is 11.5. The van der Waals surface area contributed by atoms with Gasteiger partial charge in [-0.05, 0) is 31.0 Å². The summed E-state index contributed by atoms with van der Waals surface area (Å²) in [5.41, 5.74) is 7.98. The number of hydrogen-bond acceptors (Lipinski definition) is 5. The van der Waals surface area contributed by atoms with Crippen LogP contribution in [0.2, 0.25) is 0 Å². The van der Waals surface area contributed by atoms with Gasteiger partial charge in [-0.1, -0.05) is 19.1 Å². The van der Waals surface area contributed by atoms with E-state index in [2.05, 4.69) is 10.2 Å². The predicted molar refractivity (Wildman–Crippen MR) is 71.8 cm³/mol. The average molecular weight is 261 g/mol. The molecule has 1 heterocycles. The molecule has 0 aliphatic heterocycles. The molecule has 0 fully saturated rings. The molecule has 2 aromatic rings. The van der Waals surface area contributed by atoms with Crippen molar-refractivity contribution in [2.24, 2.45) is 5.73 Å². The van der Waals surface area contributed by atoms with E-state index >= 15 is 0 Å². The Labute approximate surface area is 112 Å². The fourth-order valence-electron chi connectivity index (χ4n) is 1.75. The van der Waals surface area contributed by atoms with Crippen LogP contribution in [0.3, 0.4) is 0 Å². The highest BCUT2D eigenvalue weighted by Crippen LogP contribution is 2.22. The molecule has 102 valence electrons. The van der Waals surface area contributed by atoms with Crippen molar-refractivity contribution in [3.05, 3.63) is 41.1 Å². The second-order valence-electron chi connectivity index (χ2n) is 4.55. The van der Waals surface area contributed by atoms with Crippen molar-refractivity contribution in [3.63, 3.8) is 0 Å². The highest BCUT2D eigenvalue weighted by Gasteiger charge is 2.08. The molecule has 0 amide bonds. The maximum absolute atomic E-state index is 5.84. The molecule has 5 heteroatoms. The van der Waals surface area contributed by atoms with Gasteiger partial charge in [-0.3, -0.25) is 0 Å². The van der Waals surface area contributed by atoms with Gasteiger partial charge in [-0.2, -0.15) is 0 Å². The van der Waals surface area contributed by atoms with Gasteiger partial charge in [0.15, 0.2) is 6.61 Å². The Balaban J connectivity index is 2.03. The lowest BCUT2D eigenvalue weighted by molar-refractivity contribution is 0.257. The van der Waals surface area contributed by atoms with Gasteiger partial charge in [0.05, 0.1) is 0 Å². The first-order valence-electron chi connectivity index (χ1n) is 6.40. The third kappa shape index (κ3) is 3.32. The SMILES string of the molecule is CCc1nnc(COc2ccc(C(C)N)cc2C)o1. The smallest absolute Gasteiger partial charge is 0.253 e. The molecule has 1 aromatic heterocycles. The summed E-state index contributed by atoms with van der Waals surface area (Å²) < 4.78 is 11.1. The number of benzene rings is 1. The van der Waals surface area contributed by atoms with E-state index in [-0.39, 0.29) is 12.6 Å². The summed E-state index contributed by atoms with van der Waals surface area (Å²) in [6, 6.07) is 5.95. The van der Waals surface area contributed by atoms with E-state index in [1.54, 1.807) is 0 Å². The van der Waals surface area contributed by atoms with Gasteiger partial charge in [0.1, 0.15) is 5.75 Å². The highest BCUT2D eigenvalue weighted by atomic mass is 16.5. The molecule has 1 atom stereocenters. The van der Waals surface area contributed by atoms with Crippen LogP contribution < -0.4 is 10.5 Å². The maximum atomic E-state index is 5.84. The van der Waals surface area contributed by atoms with Crippen LogP contribution in [0, 0.1) is 6.92 Å². The minimum absolute atomic E-state index is 0.0239. The van der Waals surface area contributed by atoms with E-state index in [1.165, 1.54) is 0 Å². The summed E-state index contributed by atoms with van der Waals surface area (Å²) in [7, 11) is 0. The summed E-state index contributed by atoms with van der Waals surface area (Å²) >= 11 is 0. The summed E-state index contributed by atoms with van der Waals surface area (Å²) in [6.07, 6.45) is 0.731. The van der Waals surface area contributed by atoms with Crippen LogP contribution in [-0.2, 0) is 13.0 Å². The van der Waals surface area contributed by atoms with Crippen LogP contribution in [0.4, 0.5) is 0 Å². The third-order valence-electron chi connectivity index (χ3n) is 2.89. The molecular formula is C14H19N3O2. The van der Waals surface area contributed by atoms with Crippen LogP contribution in [-0.4, -0.2) is 10.2 Å². The number of hydrogen-bond donors (Lipinski definition) is 1. The van der Waals surface area contributed by atoms with Crippen molar-refractivity contribution in [2.45, 2.75) is 39.8 Å². The van der Waals surface area contributed by atoms with E-state index in [4.69, 9.17) is 14.9 Å². The number of ether oxygens (including phenoxy) is 1. The summed E-state index contributed by atoms with van der Waals surface area (Å²) in [4.78, 5) is 0. The lowest BCUT2D eigenvalue weighted by atomic mass is 10.1. The lowest BCUT2D eigenvalue weighted by Crippen LogP contribution is -2.05. The van der Waals surface area contributed by atoms with Crippen LogP contribution >= 0.6 is 0 Å². The van der Waals surface area contributed by atoms with Gasteiger partial charge >= 0.3 is 0 Å². The normalized spacial score (nSPS) is 12.4. The number of aryl methyl sites for hydroxylation is 2. The summed E-state index contributed by atoms with van der Waals surface area (Å²) in [5.74, 6) is 1.93. The van der Waals surface area contributed by atoms with Gasteiger partial charge < -0.3 is 14.9 Å². The molecule has 0 radical (unpaired) electrons. The molecule has 19 heavy (non-hydrogen) atoms. The molecule has 2 rings (SSSR count). The second kappa shape index (κ2) is 5.84. The van der Waals surface area contributed by atoms with E-state index in [0.717, 1.165) is 23.3 Å². The number of nitrogens with zero attached hydrogens (tertiary/aromatic N) is 2. The third-order valence-corrected chi connectivity index (χ3v) is 2.89. The first kappa shape index (κ1) is 13.5. The molecule has 2 N–H and O–H groups in total. The van der Waals surface area contributed by atoms with Gasteiger partial charge in [0.2, 0.25) is 5.89 Å². The molecular weight excluding hydrogens is 242 g/mol. The Morgan fingerprint density at radius 3 is 2.63 bits per heavy atom. The van der Waals surface area contributed by atoms with E-state index in [1.807, 2.05) is 39.0 Å². The minimum atomic E-state index is 0.0239. The van der Waals surface area contributed by atoms with Crippen molar-refractivity contribution in [1.29, 1.82) is 0 Å². The average Bonchev–Trinajstić information content (AvgIpc) is 2.85. The first-order chi connectivity index (χ1) is 9.10. The summed E-state index contributed by atoms with van der Waals surface area (Å²) in [5, 5.41) is 7.81. The topological polar surface area (TPSA) is 74.2 Å². The Kier molecular flexibility index (Phi) is 4.16. The Morgan fingerprint density at radius 2 is 2.05 bits per heavy atom. The molecule has 0 saturated heterocycles. The maximum Gasteiger partial charge on any atom is 0.253 e. The monoisotopic (exact) mass is 261 g/mol. The highest BCUT2D eigenvalue weighted by molar-refractivity contribution is 5.37. The number of aromatic nitrogens is 2. The van der Waals surface area contributed by atoms with Crippen LogP contribution in [0.1, 0.15) is 42.8 Å². The molecule has 0 spiro atoms. The van der Waals surface area contributed by atoms with Crippen molar-refractivity contribution < 1.29 is 9.15 Å². The van der Waals surface area contributed by atoms with E-state index in [9.17, 15) is 0 Å². The fourth-order valence-corrected chi connectivity index (χ4v) is 1.75. The molecule has 0 saturated carbocycles. The molecule has 1 unspecified atom stereocenters. The van der Waals surface area contributed by atoms with Crippen molar-refractivity contribution in [1.82, 2.24) is 10.2 Å². The van der Waals surface area contributed by atoms with Crippen molar-refractivity contribution in [2.75, 3.05) is 0 Å². The van der Waals surface area contributed by atoms with Gasteiger partial charge in [-0.15, -0.1) is 10.2 Å². The van der Waals surface area contributed by atoms with Crippen LogP contribution in [0.15, 0.2) is 22.6 Å². The van der Waals surface area contributed by atoms with Gasteiger partial charge in [0, 0.05) is 12.5 Å². The quantitative estimate of drug-likeness (QED) is 0.895. The largest absolute Gasteiger partial charge is 0.484 e. The Morgan fingerprint density at radius 1 is 1.32 bits per heavy atom. The minimum Gasteiger partial charge on any atom is -0.484 e. The van der Waals surface area contributed by atoms with E-state index in [0.29, 0.717) is 11.8 Å². The molecule has 1 aromatic carbocycles. The van der Waals surface area contributed by atoms with Crippen LogP contribution in [0.5, 0.6) is 5.75 Å². The second-order valence-corrected chi connectivity index (χ2v) is 4.55. The number of rotatable bonds is 5. The fraction of sp³-hybridized carbons (Fsp3) is 0.429. The molecule has 0 aliphatic carbocycles. The van der Waals surface area contributed by atoms with Crippen molar-refractivity contribution in [3.8, 4) is 5.75 Å². The van der Waals surface area contributed by atoms with Crippen molar-refractivity contribution >= 4 is 0 Å². The molecule has 5 nitrogen and oxygen atoms in total. The Bertz CT molecular complexity index is 549. The van der Waals surface area contributed by atoms with E-state index < -0.39 is 0 Å². The van der Waals surface area contributed by atoms with Crippen LogP contribution in [0.25, 0.3) is 0 Å². The zero-order chi connectivity index (χ0) is 13.8. The van der Waals surface area contributed by atoms with Gasteiger partial charge in [-0.25, -0.2) is 0 Å². The first-order valence-corrected chi connectivity index (χ1v) is 6.40. The zero-order valence-electron chi connectivity index (χ0n) is 11.5. The summed E-state index contributed by atoms with van der Waals surface area (Å²) in [6.45, 7) is 6.20. The molecule has 0 aliphatic rings. The lowest BCUT2D eigenvalue weighted by Gasteiger charge is -2.11. The standard InChI is InChI=1S/C14H19N3O2/c1-4-13-16-17-14(19-13)8-18-12-6-5-11(10(3)15)7-9(12)2/h5-7,10H,4,8,15H2,1-3H3. The molecule has 0 bridgehead atoms.